The van der Waals surface area contributed by atoms with E-state index in [1.165, 1.54) is 0 Å². The Hall–Kier alpha value is -1.34. The van der Waals surface area contributed by atoms with Gasteiger partial charge in [-0.1, -0.05) is 37.3 Å². The molecule has 0 unspecified atom stereocenters. The zero-order chi connectivity index (χ0) is 17.1. The molecule has 1 aliphatic rings. The van der Waals surface area contributed by atoms with E-state index in [2.05, 4.69) is 11.6 Å². The molecule has 1 aromatic rings. The van der Waals surface area contributed by atoms with Gasteiger partial charge in [0.1, 0.15) is 24.0 Å². The Labute approximate surface area is 145 Å². The summed E-state index contributed by atoms with van der Waals surface area (Å²) >= 11 is 0. The monoisotopic (exact) mass is 357 g/mol. The highest BCUT2D eigenvalue weighted by atomic mass is 33.1. The van der Waals surface area contributed by atoms with Crippen LogP contribution in [0.4, 0.5) is 4.79 Å². The second kappa shape index (κ2) is 10.4. The lowest BCUT2D eigenvalue weighted by molar-refractivity contribution is -0.0563. The quantitative estimate of drug-likeness (QED) is 0.307. The molecule has 2 rings (SSSR count). The van der Waals surface area contributed by atoms with Crippen LogP contribution in [0.5, 0.6) is 0 Å². The standard InChI is InChI=1S/C14H17NO4S2.C2H6/c1-11(14(2)9-18-13(16)19-10-14)17-7-8-20-21-12-5-3-4-6-15-12;1-2/h3-6H,1,7-10H2,2H3;1-2H3. The third kappa shape index (κ3) is 6.74. The molecule has 1 fully saturated rings. The van der Waals surface area contributed by atoms with E-state index in [-0.39, 0.29) is 13.2 Å². The molecule has 7 heteroatoms. The molecule has 0 atom stereocenters. The molecule has 128 valence electrons. The molecule has 0 amide bonds. The summed E-state index contributed by atoms with van der Waals surface area (Å²) in [6.07, 6.45) is 1.13. The molecule has 5 nitrogen and oxygen atoms in total. The number of carbonyl (C=O) groups is 1. The van der Waals surface area contributed by atoms with Crippen LogP contribution in [0, 0.1) is 5.41 Å². The number of hydrogen-bond donors (Lipinski definition) is 0. The number of ether oxygens (including phenoxy) is 3. The molecule has 0 aliphatic carbocycles. The molecular formula is C16H23NO4S2. The van der Waals surface area contributed by atoms with Crippen LogP contribution < -0.4 is 0 Å². The molecule has 2 heterocycles. The van der Waals surface area contributed by atoms with Crippen LogP contribution in [0.3, 0.4) is 0 Å². The first-order valence-electron chi connectivity index (χ1n) is 7.42. The maximum absolute atomic E-state index is 10.9. The molecule has 1 saturated heterocycles. The molecule has 0 radical (unpaired) electrons. The summed E-state index contributed by atoms with van der Waals surface area (Å²) in [5.74, 6) is 1.38. The van der Waals surface area contributed by atoms with Gasteiger partial charge in [0.25, 0.3) is 0 Å². The Balaban J connectivity index is 0.00000127. The predicted octanol–water partition coefficient (Wildman–Crippen LogP) is 4.55. The lowest BCUT2D eigenvalue weighted by Crippen LogP contribution is -2.39. The van der Waals surface area contributed by atoms with E-state index in [0.29, 0.717) is 12.4 Å². The minimum Gasteiger partial charge on any atom is -0.497 e. The number of rotatable bonds is 7. The second-order valence-electron chi connectivity index (χ2n) is 4.73. The van der Waals surface area contributed by atoms with Gasteiger partial charge in [-0.2, -0.15) is 0 Å². The molecule has 23 heavy (non-hydrogen) atoms. The van der Waals surface area contributed by atoms with Crippen molar-refractivity contribution in [2.75, 3.05) is 25.6 Å². The van der Waals surface area contributed by atoms with Gasteiger partial charge in [-0.15, -0.1) is 0 Å². The van der Waals surface area contributed by atoms with Crippen molar-refractivity contribution in [2.45, 2.75) is 25.8 Å². The molecule has 0 bridgehead atoms. The van der Waals surface area contributed by atoms with Gasteiger partial charge in [0.05, 0.1) is 12.0 Å². The van der Waals surface area contributed by atoms with Gasteiger partial charge in [-0.3, -0.25) is 0 Å². The van der Waals surface area contributed by atoms with Crippen LogP contribution in [-0.4, -0.2) is 36.7 Å². The van der Waals surface area contributed by atoms with Gasteiger partial charge in [-0.25, -0.2) is 9.78 Å². The molecule has 0 spiro atoms. The van der Waals surface area contributed by atoms with Crippen molar-refractivity contribution in [2.24, 2.45) is 5.41 Å². The lowest BCUT2D eigenvalue weighted by Gasteiger charge is -2.33. The Morgan fingerprint density at radius 3 is 2.70 bits per heavy atom. The number of hydrogen-bond acceptors (Lipinski definition) is 7. The summed E-state index contributed by atoms with van der Waals surface area (Å²) in [6.45, 7) is 10.8. The minimum absolute atomic E-state index is 0.237. The summed E-state index contributed by atoms with van der Waals surface area (Å²) in [5.41, 5.74) is -0.479. The van der Waals surface area contributed by atoms with Crippen LogP contribution in [0.2, 0.25) is 0 Å². The number of aromatic nitrogens is 1. The number of cyclic esters (lactones) is 2. The minimum atomic E-state index is -0.636. The molecule has 0 N–H and O–H groups in total. The van der Waals surface area contributed by atoms with E-state index in [9.17, 15) is 4.79 Å². The van der Waals surface area contributed by atoms with Gasteiger partial charge in [0.2, 0.25) is 0 Å². The number of nitrogens with zero attached hydrogens (tertiary/aromatic N) is 1. The van der Waals surface area contributed by atoms with Crippen LogP contribution in [0.25, 0.3) is 0 Å². The van der Waals surface area contributed by atoms with E-state index in [0.717, 1.165) is 10.8 Å². The van der Waals surface area contributed by atoms with Gasteiger partial charge in [0.15, 0.2) is 0 Å². The van der Waals surface area contributed by atoms with Crippen molar-refractivity contribution in [3.8, 4) is 0 Å². The average Bonchev–Trinajstić information content (AvgIpc) is 2.60. The fourth-order valence-corrected chi connectivity index (χ4v) is 3.26. The van der Waals surface area contributed by atoms with E-state index >= 15 is 0 Å². The number of carbonyl (C=O) groups excluding carboxylic acids is 1. The van der Waals surface area contributed by atoms with Gasteiger partial charge < -0.3 is 14.2 Å². The van der Waals surface area contributed by atoms with E-state index < -0.39 is 11.6 Å². The van der Waals surface area contributed by atoms with Crippen LogP contribution in [0.1, 0.15) is 20.8 Å². The van der Waals surface area contributed by atoms with Crippen molar-refractivity contribution >= 4 is 27.7 Å². The smallest absolute Gasteiger partial charge is 0.497 e. The van der Waals surface area contributed by atoms with E-state index in [1.807, 2.05) is 39.0 Å². The summed E-state index contributed by atoms with van der Waals surface area (Å²) in [7, 11) is 3.27. The molecule has 0 aromatic carbocycles. The largest absolute Gasteiger partial charge is 0.508 e. The second-order valence-corrected chi connectivity index (χ2v) is 7.17. The van der Waals surface area contributed by atoms with Crippen molar-refractivity contribution in [3.63, 3.8) is 0 Å². The van der Waals surface area contributed by atoms with Gasteiger partial charge >= 0.3 is 6.16 Å². The van der Waals surface area contributed by atoms with Gasteiger partial charge in [0, 0.05) is 11.9 Å². The fraction of sp³-hybridized carbons (Fsp3) is 0.500. The molecular weight excluding hydrogens is 334 g/mol. The van der Waals surface area contributed by atoms with Crippen molar-refractivity contribution < 1.29 is 19.0 Å². The first-order chi connectivity index (χ1) is 11.1. The summed E-state index contributed by atoms with van der Waals surface area (Å²) < 4.78 is 15.4. The molecule has 1 aromatic heterocycles. The lowest BCUT2D eigenvalue weighted by atomic mass is 9.90. The number of pyridine rings is 1. The highest BCUT2D eigenvalue weighted by Gasteiger charge is 2.37. The third-order valence-corrected chi connectivity index (χ3v) is 5.14. The topological polar surface area (TPSA) is 57.7 Å². The van der Waals surface area contributed by atoms with Crippen LogP contribution in [-0.2, 0) is 14.2 Å². The SMILES string of the molecule is C=C(OCCSSc1ccccn1)C1(C)COC(=O)OC1.CC. The van der Waals surface area contributed by atoms with Crippen molar-refractivity contribution in [1.29, 1.82) is 0 Å². The van der Waals surface area contributed by atoms with Crippen LogP contribution >= 0.6 is 21.6 Å². The maximum atomic E-state index is 10.9. The third-order valence-electron chi connectivity index (χ3n) is 2.92. The summed E-state index contributed by atoms with van der Waals surface area (Å²) in [5, 5.41) is 0.973. The van der Waals surface area contributed by atoms with Gasteiger partial charge in [-0.05, 0) is 29.9 Å². The van der Waals surface area contributed by atoms with E-state index in [1.54, 1.807) is 27.8 Å². The Morgan fingerprint density at radius 1 is 1.39 bits per heavy atom. The molecule has 1 aliphatic heterocycles. The highest BCUT2D eigenvalue weighted by molar-refractivity contribution is 8.76. The fourth-order valence-electron chi connectivity index (χ4n) is 1.55. The first kappa shape index (κ1) is 19.7. The average molecular weight is 357 g/mol. The van der Waals surface area contributed by atoms with Crippen molar-refractivity contribution in [3.05, 3.63) is 36.7 Å². The zero-order valence-electron chi connectivity index (χ0n) is 13.7. The highest BCUT2D eigenvalue weighted by Crippen LogP contribution is 2.32. The Kier molecular flexibility index (Phi) is 8.94. The normalized spacial score (nSPS) is 15.5. The zero-order valence-corrected chi connectivity index (χ0v) is 15.4. The van der Waals surface area contributed by atoms with Crippen LogP contribution in [0.15, 0.2) is 41.8 Å². The van der Waals surface area contributed by atoms with E-state index in [4.69, 9.17) is 14.2 Å². The van der Waals surface area contributed by atoms with Crippen molar-refractivity contribution in [1.82, 2.24) is 4.98 Å². The Morgan fingerprint density at radius 2 is 2.09 bits per heavy atom. The summed E-state index contributed by atoms with van der Waals surface area (Å²) in [4.78, 5) is 15.1. The maximum Gasteiger partial charge on any atom is 0.508 e. The summed E-state index contributed by atoms with van der Waals surface area (Å²) in [6, 6.07) is 5.81. The first-order valence-corrected chi connectivity index (χ1v) is 9.74. The Bertz CT molecular complexity index is 486. The predicted molar refractivity (Wildman–Crippen MR) is 94.4 cm³/mol. The molecule has 0 saturated carbocycles.